The van der Waals surface area contributed by atoms with Gasteiger partial charge in [-0.1, -0.05) is 6.92 Å². The smallest absolute Gasteiger partial charge is 0.126 e. The minimum atomic E-state index is 0.198. The van der Waals surface area contributed by atoms with Crippen molar-refractivity contribution in [3.05, 3.63) is 18.3 Å². The highest BCUT2D eigenvalue weighted by atomic mass is 32.2. The van der Waals surface area contributed by atoms with Crippen molar-refractivity contribution < 1.29 is 5.11 Å². The highest BCUT2D eigenvalue weighted by Gasteiger charge is 2.03. The van der Waals surface area contributed by atoms with E-state index in [0.717, 1.165) is 17.3 Å². The molecule has 78 valence electrons. The number of hydrogen-bond donors (Lipinski definition) is 2. The summed E-state index contributed by atoms with van der Waals surface area (Å²) in [6, 6.07) is 3.96. The largest absolute Gasteiger partial charge is 0.395 e. The third-order valence-electron chi connectivity index (χ3n) is 1.68. The van der Waals surface area contributed by atoms with Gasteiger partial charge in [0.05, 0.1) is 6.61 Å². The molecule has 0 aromatic carbocycles. The first-order valence-corrected chi connectivity index (χ1v) is 5.61. The highest BCUT2D eigenvalue weighted by Crippen LogP contribution is 2.23. The summed E-state index contributed by atoms with van der Waals surface area (Å²) in [6.45, 7) is 5.11. The van der Waals surface area contributed by atoms with Crippen LogP contribution >= 0.6 is 11.8 Å². The summed E-state index contributed by atoms with van der Waals surface area (Å²) in [5.74, 6) is 0.891. The van der Waals surface area contributed by atoms with E-state index in [0.29, 0.717) is 0 Å². The van der Waals surface area contributed by atoms with Gasteiger partial charge in [0.25, 0.3) is 0 Å². The van der Waals surface area contributed by atoms with Crippen molar-refractivity contribution in [3.8, 4) is 0 Å². The summed E-state index contributed by atoms with van der Waals surface area (Å²) in [6.07, 6.45) is 1.78. The standard InChI is InChI=1S/C10H16N2OS/c1-3-11-10-6-9(4-5-12-10)14-8(2)7-13/h4-6,8,13H,3,7H2,1-2H3,(H,11,12). The Kier molecular flexibility index (Phi) is 4.76. The minimum absolute atomic E-state index is 0.198. The lowest BCUT2D eigenvalue weighted by Crippen LogP contribution is -2.02. The second-order valence-corrected chi connectivity index (χ2v) is 4.53. The van der Waals surface area contributed by atoms with Gasteiger partial charge < -0.3 is 10.4 Å². The van der Waals surface area contributed by atoms with Gasteiger partial charge in [-0.15, -0.1) is 11.8 Å². The summed E-state index contributed by atoms with van der Waals surface area (Å²) < 4.78 is 0. The Morgan fingerprint density at radius 1 is 1.64 bits per heavy atom. The highest BCUT2D eigenvalue weighted by molar-refractivity contribution is 8.00. The van der Waals surface area contributed by atoms with Gasteiger partial charge in [0.1, 0.15) is 5.82 Å². The van der Waals surface area contributed by atoms with Gasteiger partial charge in [0, 0.05) is 22.9 Å². The Bertz CT molecular complexity index is 281. The lowest BCUT2D eigenvalue weighted by molar-refractivity contribution is 0.300. The van der Waals surface area contributed by atoms with Gasteiger partial charge >= 0.3 is 0 Å². The molecule has 0 aliphatic carbocycles. The Morgan fingerprint density at radius 2 is 2.43 bits per heavy atom. The molecule has 1 aromatic heterocycles. The fourth-order valence-electron chi connectivity index (χ4n) is 1.03. The van der Waals surface area contributed by atoms with Crippen LogP contribution in [-0.2, 0) is 0 Å². The van der Waals surface area contributed by atoms with Crippen LogP contribution in [0.25, 0.3) is 0 Å². The van der Waals surface area contributed by atoms with Gasteiger partial charge in [-0.25, -0.2) is 4.98 Å². The van der Waals surface area contributed by atoms with Crippen LogP contribution in [-0.4, -0.2) is 28.5 Å². The molecule has 1 rings (SSSR count). The predicted molar refractivity (Wildman–Crippen MR) is 60.8 cm³/mol. The second-order valence-electron chi connectivity index (χ2n) is 3.02. The molecule has 3 nitrogen and oxygen atoms in total. The summed E-state index contributed by atoms with van der Waals surface area (Å²) in [7, 11) is 0. The van der Waals surface area contributed by atoms with Crippen LogP contribution in [0.2, 0.25) is 0 Å². The van der Waals surface area contributed by atoms with Crippen LogP contribution in [0.4, 0.5) is 5.82 Å². The monoisotopic (exact) mass is 212 g/mol. The first kappa shape index (κ1) is 11.3. The fourth-order valence-corrected chi connectivity index (χ4v) is 1.89. The van der Waals surface area contributed by atoms with E-state index in [2.05, 4.69) is 10.3 Å². The maximum absolute atomic E-state index is 8.92. The van der Waals surface area contributed by atoms with Crippen molar-refractivity contribution in [2.24, 2.45) is 0 Å². The lowest BCUT2D eigenvalue weighted by atomic mass is 10.4. The molecule has 0 saturated carbocycles. The van der Waals surface area contributed by atoms with Crippen LogP contribution in [0, 0.1) is 0 Å². The van der Waals surface area contributed by atoms with E-state index in [4.69, 9.17) is 5.11 Å². The van der Waals surface area contributed by atoms with Crippen LogP contribution in [0.3, 0.4) is 0 Å². The minimum Gasteiger partial charge on any atom is -0.395 e. The van der Waals surface area contributed by atoms with Crippen molar-refractivity contribution in [3.63, 3.8) is 0 Å². The molecule has 1 aromatic rings. The number of hydrogen-bond acceptors (Lipinski definition) is 4. The van der Waals surface area contributed by atoms with Crippen LogP contribution < -0.4 is 5.32 Å². The molecule has 0 amide bonds. The molecule has 1 heterocycles. The number of aromatic nitrogens is 1. The summed E-state index contributed by atoms with van der Waals surface area (Å²) >= 11 is 1.65. The van der Waals surface area contributed by atoms with Gasteiger partial charge in [-0.3, -0.25) is 0 Å². The molecule has 0 fully saturated rings. The van der Waals surface area contributed by atoms with Crippen molar-refractivity contribution in [1.82, 2.24) is 4.98 Å². The number of thioether (sulfide) groups is 1. The van der Waals surface area contributed by atoms with E-state index in [1.807, 2.05) is 26.0 Å². The molecule has 1 unspecified atom stereocenters. The molecule has 0 spiro atoms. The van der Waals surface area contributed by atoms with Gasteiger partial charge in [0.15, 0.2) is 0 Å². The van der Waals surface area contributed by atoms with E-state index < -0.39 is 0 Å². The zero-order valence-corrected chi connectivity index (χ0v) is 9.34. The number of rotatable bonds is 5. The quantitative estimate of drug-likeness (QED) is 0.733. The van der Waals surface area contributed by atoms with Gasteiger partial charge in [-0.05, 0) is 19.1 Å². The third kappa shape index (κ3) is 3.55. The topological polar surface area (TPSA) is 45.1 Å². The average molecular weight is 212 g/mol. The molecule has 0 aliphatic rings. The molecular formula is C10H16N2OS. The molecule has 2 N–H and O–H groups in total. The molecule has 0 bridgehead atoms. The van der Waals surface area contributed by atoms with Crippen molar-refractivity contribution in [2.75, 3.05) is 18.5 Å². The number of aliphatic hydroxyl groups excluding tert-OH is 1. The van der Waals surface area contributed by atoms with Crippen LogP contribution in [0.1, 0.15) is 13.8 Å². The lowest BCUT2D eigenvalue weighted by Gasteiger charge is -2.08. The van der Waals surface area contributed by atoms with E-state index in [9.17, 15) is 0 Å². The first-order valence-electron chi connectivity index (χ1n) is 4.73. The molecule has 0 radical (unpaired) electrons. The Labute approximate surface area is 88.9 Å². The average Bonchev–Trinajstić information content (AvgIpc) is 2.19. The maximum atomic E-state index is 8.92. The molecule has 4 heteroatoms. The number of anilines is 1. The zero-order valence-electron chi connectivity index (χ0n) is 8.53. The fraction of sp³-hybridized carbons (Fsp3) is 0.500. The van der Waals surface area contributed by atoms with E-state index in [-0.39, 0.29) is 11.9 Å². The van der Waals surface area contributed by atoms with E-state index in [1.54, 1.807) is 18.0 Å². The zero-order chi connectivity index (χ0) is 10.4. The van der Waals surface area contributed by atoms with Crippen molar-refractivity contribution >= 4 is 17.6 Å². The van der Waals surface area contributed by atoms with Gasteiger partial charge in [-0.2, -0.15) is 0 Å². The SMILES string of the molecule is CCNc1cc(SC(C)CO)ccn1. The maximum Gasteiger partial charge on any atom is 0.126 e. The van der Waals surface area contributed by atoms with Crippen LogP contribution in [0.5, 0.6) is 0 Å². The number of nitrogens with one attached hydrogen (secondary N) is 1. The van der Waals surface area contributed by atoms with Gasteiger partial charge in [0.2, 0.25) is 0 Å². The Morgan fingerprint density at radius 3 is 3.07 bits per heavy atom. The predicted octanol–water partition coefficient (Wildman–Crippen LogP) is 1.99. The van der Waals surface area contributed by atoms with Crippen LogP contribution in [0.15, 0.2) is 23.2 Å². The number of pyridine rings is 1. The molecule has 0 aliphatic heterocycles. The molecular weight excluding hydrogens is 196 g/mol. The molecule has 1 atom stereocenters. The first-order chi connectivity index (χ1) is 6.76. The Balaban J connectivity index is 2.63. The second kappa shape index (κ2) is 5.88. The van der Waals surface area contributed by atoms with Crippen molar-refractivity contribution in [1.29, 1.82) is 0 Å². The Hall–Kier alpha value is -0.740. The number of nitrogens with zero attached hydrogens (tertiary/aromatic N) is 1. The van der Waals surface area contributed by atoms with E-state index in [1.165, 1.54) is 0 Å². The van der Waals surface area contributed by atoms with E-state index >= 15 is 0 Å². The normalized spacial score (nSPS) is 12.5. The number of aliphatic hydroxyl groups is 1. The summed E-state index contributed by atoms with van der Waals surface area (Å²) in [5.41, 5.74) is 0. The third-order valence-corrected chi connectivity index (χ3v) is 2.76. The molecule has 14 heavy (non-hydrogen) atoms. The van der Waals surface area contributed by atoms with Crippen molar-refractivity contribution in [2.45, 2.75) is 24.0 Å². The summed E-state index contributed by atoms with van der Waals surface area (Å²) in [5, 5.41) is 12.3. The molecule has 0 saturated heterocycles. The summed E-state index contributed by atoms with van der Waals surface area (Å²) in [4.78, 5) is 5.31.